The highest BCUT2D eigenvalue weighted by Crippen LogP contribution is 2.34. The number of hydrogen-bond acceptors (Lipinski definition) is 5. The molecule has 1 heterocycles. The maximum absolute atomic E-state index is 12.1. The van der Waals surface area contributed by atoms with Crippen molar-refractivity contribution in [2.24, 2.45) is 0 Å². The number of anilines is 1. The van der Waals surface area contributed by atoms with Crippen LogP contribution in [0.5, 0.6) is 17.2 Å². The van der Waals surface area contributed by atoms with E-state index < -0.39 is 0 Å². The van der Waals surface area contributed by atoms with Crippen molar-refractivity contribution in [2.45, 2.75) is 4.90 Å². The molecule has 0 spiro atoms. The molecule has 24 heavy (non-hydrogen) atoms. The van der Waals surface area contributed by atoms with E-state index in [4.69, 9.17) is 25.8 Å². The summed E-state index contributed by atoms with van der Waals surface area (Å²) in [6, 6.07) is 10.8. The molecule has 1 aliphatic heterocycles. The lowest BCUT2D eigenvalue weighted by molar-refractivity contribution is -0.113. The van der Waals surface area contributed by atoms with Crippen molar-refractivity contribution in [3.05, 3.63) is 41.4 Å². The Hall–Kier alpha value is -2.05. The molecular weight excluding hydrogens is 350 g/mol. The van der Waals surface area contributed by atoms with E-state index in [0.717, 1.165) is 10.6 Å². The van der Waals surface area contributed by atoms with E-state index >= 15 is 0 Å². The Morgan fingerprint density at radius 3 is 2.75 bits per heavy atom. The van der Waals surface area contributed by atoms with Crippen LogP contribution in [0.1, 0.15) is 0 Å². The van der Waals surface area contributed by atoms with Gasteiger partial charge in [0.15, 0.2) is 11.5 Å². The zero-order chi connectivity index (χ0) is 16.9. The van der Waals surface area contributed by atoms with Crippen LogP contribution in [-0.2, 0) is 4.79 Å². The SMILES string of the molecule is COc1ccc(NC(=O)CSc2ccc3c(c2)OCCO3)cc1Cl. The highest BCUT2D eigenvalue weighted by atomic mass is 35.5. The third-order valence-electron chi connectivity index (χ3n) is 3.32. The second-order valence-corrected chi connectivity index (χ2v) is 6.45. The average molecular weight is 366 g/mol. The number of nitrogens with one attached hydrogen (secondary N) is 1. The molecule has 5 nitrogen and oxygen atoms in total. The molecule has 126 valence electrons. The van der Waals surface area contributed by atoms with Crippen LogP contribution in [0.3, 0.4) is 0 Å². The van der Waals surface area contributed by atoms with Gasteiger partial charge in [-0.3, -0.25) is 4.79 Å². The minimum absolute atomic E-state index is 0.115. The summed E-state index contributed by atoms with van der Waals surface area (Å²) < 4.78 is 16.1. The monoisotopic (exact) mass is 365 g/mol. The third-order valence-corrected chi connectivity index (χ3v) is 4.61. The first-order valence-electron chi connectivity index (χ1n) is 7.31. The molecule has 0 saturated heterocycles. The van der Waals surface area contributed by atoms with Crippen LogP contribution < -0.4 is 19.5 Å². The van der Waals surface area contributed by atoms with Gasteiger partial charge in [-0.15, -0.1) is 11.8 Å². The van der Waals surface area contributed by atoms with Crippen molar-refractivity contribution in [1.82, 2.24) is 0 Å². The molecule has 0 aromatic heterocycles. The lowest BCUT2D eigenvalue weighted by atomic mass is 10.3. The van der Waals surface area contributed by atoms with Crippen LogP contribution in [0.2, 0.25) is 5.02 Å². The van der Waals surface area contributed by atoms with Gasteiger partial charge in [0.1, 0.15) is 19.0 Å². The van der Waals surface area contributed by atoms with Crippen LogP contribution in [0.25, 0.3) is 0 Å². The Labute approximate surface area is 149 Å². The van der Waals surface area contributed by atoms with E-state index in [1.165, 1.54) is 11.8 Å². The zero-order valence-corrected chi connectivity index (χ0v) is 14.6. The van der Waals surface area contributed by atoms with Gasteiger partial charge in [0.25, 0.3) is 0 Å². The van der Waals surface area contributed by atoms with Crippen molar-refractivity contribution in [3.8, 4) is 17.2 Å². The number of carbonyl (C=O) groups is 1. The Morgan fingerprint density at radius 1 is 1.21 bits per heavy atom. The molecule has 0 unspecified atom stereocenters. The number of methoxy groups -OCH3 is 1. The van der Waals surface area contributed by atoms with E-state index in [1.54, 1.807) is 25.3 Å². The van der Waals surface area contributed by atoms with Crippen LogP contribution in [-0.4, -0.2) is 32.0 Å². The highest BCUT2D eigenvalue weighted by Gasteiger charge is 2.13. The number of ether oxygens (including phenoxy) is 3. The van der Waals surface area contributed by atoms with E-state index in [0.29, 0.717) is 35.4 Å². The smallest absolute Gasteiger partial charge is 0.234 e. The summed E-state index contributed by atoms with van der Waals surface area (Å²) >= 11 is 7.47. The first-order valence-corrected chi connectivity index (χ1v) is 8.68. The van der Waals surface area contributed by atoms with Crippen LogP contribution in [0.4, 0.5) is 5.69 Å². The molecule has 1 N–H and O–H groups in total. The van der Waals surface area contributed by atoms with Gasteiger partial charge >= 0.3 is 0 Å². The van der Waals surface area contributed by atoms with Crippen LogP contribution in [0, 0.1) is 0 Å². The molecule has 7 heteroatoms. The molecule has 0 aliphatic carbocycles. The quantitative estimate of drug-likeness (QED) is 0.815. The largest absolute Gasteiger partial charge is 0.495 e. The van der Waals surface area contributed by atoms with Gasteiger partial charge in [0.2, 0.25) is 5.91 Å². The number of benzene rings is 2. The molecule has 3 rings (SSSR count). The van der Waals surface area contributed by atoms with Crippen molar-refractivity contribution in [1.29, 1.82) is 0 Å². The van der Waals surface area contributed by atoms with Crippen molar-refractivity contribution in [2.75, 3.05) is 31.4 Å². The second-order valence-electron chi connectivity index (χ2n) is 4.99. The van der Waals surface area contributed by atoms with Crippen molar-refractivity contribution >= 4 is 35.0 Å². The normalized spacial score (nSPS) is 12.6. The number of carbonyl (C=O) groups excluding carboxylic acids is 1. The third kappa shape index (κ3) is 4.07. The molecule has 2 aromatic carbocycles. The van der Waals surface area contributed by atoms with Crippen molar-refractivity contribution < 1.29 is 19.0 Å². The number of amides is 1. The lowest BCUT2D eigenvalue weighted by Gasteiger charge is -2.18. The van der Waals surface area contributed by atoms with Gasteiger partial charge in [-0.25, -0.2) is 0 Å². The van der Waals surface area contributed by atoms with Gasteiger partial charge < -0.3 is 19.5 Å². The molecular formula is C17H16ClNO4S. The molecule has 0 saturated carbocycles. The van der Waals surface area contributed by atoms with E-state index in [2.05, 4.69) is 5.32 Å². The molecule has 1 amide bonds. The maximum Gasteiger partial charge on any atom is 0.234 e. The molecule has 0 bridgehead atoms. The molecule has 0 atom stereocenters. The number of fused-ring (bicyclic) bond motifs is 1. The fourth-order valence-electron chi connectivity index (χ4n) is 2.20. The van der Waals surface area contributed by atoms with E-state index in [9.17, 15) is 4.79 Å². The number of halogens is 1. The fraction of sp³-hybridized carbons (Fsp3) is 0.235. The number of hydrogen-bond donors (Lipinski definition) is 1. The van der Waals surface area contributed by atoms with Gasteiger partial charge in [0, 0.05) is 10.6 Å². The molecule has 1 aliphatic rings. The maximum atomic E-state index is 12.1. The Kier molecular flexibility index (Phi) is 5.37. The number of thioether (sulfide) groups is 1. The topological polar surface area (TPSA) is 56.8 Å². The Morgan fingerprint density at radius 2 is 2.00 bits per heavy atom. The van der Waals surface area contributed by atoms with Gasteiger partial charge in [-0.1, -0.05) is 11.6 Å². The van der Waals surface area contributed by atoms with Gasteiger partial charge in [-0.2, -0.15) is 0 Å². The van der Waals surface area contributed by atoms with Gasteiger partial charge in [-0.05, 0) is 36.4 Å². The summed E-state index contributed by atoms with van der Waals surface area (Å²) in [6.45, 7) is 1.10. The van der Waals surface area contributed by atoms with E-state index in [1.807, 2.05) is 18.2 Å². The molecule has 0 fully saturated rings. The van der Waals surface area contributed by atoms with Crippen molar-refractivity contribution in [3.63, 3.8) is 0 Å². The summed E-state index contributed by atoms with van der Waals surface area (Å²) in [4.78, 5) is 13.0. The standard InChI is InChI=1S/C17H16ClNO4S/c1-21-14-4-2-11(8-13(14)18)19-17(20)10-24-12-3-5-15-16(9-12)23-7-6-22-15/h2-5,8-9H,6-7,10H2,1H3,(H,19,20). The van der Waals surface area contributed by atoms with Gasteiger partial charge in [0.05, 0.1) is 17.9 Å². The summed E-state index contributed by atoms with van der Waals surface area (Å²) in [5, 5.41) is 3.26. The minimum atomic E-state index is -0.115. The molecule has 0 radical (unpaired) electrons. The lowest BCUT2D eigenvalue weighted by Crippen LogP contribution is -2.15. The summed E-state index contributed by atoms with van der Waals surface area (Å²) in [5.74, 6) is 2.19. The highest BCUT2D eigenvalue weighted by molar-refractivity contribution is 8.00. The van der Waals surface area contributed by atoms with Crippen LogP contribution in [0.15, 0.2) is 41.3 Å². The Balaban J connectivity index is 1.56. The summed E-state index contributed by atoms with van der Waals surface area (Å²) in [7, 11) is 1.55. The molecule has 2 aromatic rings. The summed E-state index contributed by atoms with van der Waals surface area (Å²) in [6.07, 6.45) is 0. The fourth-order valence-corrected chi connectivity index (χ4v) is 3.19. The predicted molar refractivity (Wildman–Crippen MR) is 94.8 cm³/mol. The predicted octanol–water partition coefficient (Wildman–Crippen LogP) is 3.85. The second kappa shape index (κ2) is 7.68. The number of rotatable bonds is 5. The first kappa shape index (κ1) is 16.8. The Bertz CT molecular complexity index is 753. The minimum Gasteiger partial charge on any atom is -0.495 e. The van der Waals surface area contributed by atoms with Crippen LogP contribution >= 0.6 is 23.4 Å². The average Bonchev–Trinajstić information content (AvgIpc) is 2.60. The zero-order valence-electron chi connectivity index (χ0n) is 13.0. The van der Waals surface area contributed by atoms with E-state index in [-0.39, 0.29) is 11.7 Å². The first-order chi connectivity index (χ1) is 11.7. The summed E-state index contributed by atoms with van der Waals surface area (Å²) in [5.41, 5.74) is 0.633.